The molecule has 1 aliphatic rings. The maximum Gasteiger partial charge on any atom is 0.257 e. The van der Waals surface area contributed by atoms with Gasteiger partial charge in [0.15, 0.2) is 0 Å². The maximum atomic E-state index is 5.75. The van der Waals surface area contributed by atoms with Gasteiger partial charge in [0.05, 0.1) is 0 Å². The Morgan fingerprint density at radius 1 is 1.38 bits per heavy atom. The molecule has 0 radical (unpaired) electrons. The monoisotopic (exact) mass is 288 g/mol. The number of nitrogens with zero attached hydrogens (tertiary/aromatic N) is 6. The Morgan fingerprint density at radius 3 is 3.05 bits per heavy atom. The van der Waals surface area contributed by atoms with Gasteiger partial charge in [-0.05, 0) is 32.0 Å². The van der Waals surface area contributed by atoms with Crippen LogP contribution in [-0.2, 0) is 0 Å². The predicted molar refractivity (Wildman–Crippen MR) is 80.1 cm³/mol. The van der Waals surface area contributed by atoms with Crippen molar-refractivity contribution in [1.29, 1.82) is 0 Å². The zero-order chi connectivity index (χ0) is 14.7. The minimum Gasteiger partial charge on any atom is -0.368 e. The van der Waals surface area contributed by atoms with Gasteiger partial charge in [-0.1, -0.05) is 6.92 Å². The van der Waals surface area contributed by atoms with Crippen LogP contribution in [0.4, 0.5) is 11.9 Å². The topological polar surface area (TPSA) is 97.8 Å². The molecule has 1 fully saturated rings. The van der Waals surface area contributed by atoms with Crippen molar-refractivity contribution in [3.63, 3.8) is 0 Å². The van der Waals surface area contributed by atoms with E-state index in [1.165, 1.54) is 19.4 Å². The van der Waals surface area contributed by atoms with Crippen molar-refractivity contribution in [2.24, 2.45) is 0 Å². The third-order valence-electron chi connectivity index (χ3n) is 3.75. The summed E-state index contributed by atoms with van der Waals surface area (Å²) in [5, 5.41) is 7.37. The first-order valence-corrected chi connectivity index (χ1v) is 7.25. The van der Waals surface area contributed by atoms with Crippen LogP contribution in [0.5, 0.6) is 0 Å². The fraction of sp³-hybridized carbons (Fsp3) is 0.538. The minimum absolute atomic E-state index is 0.191. The average Bonchev–Trinajstić information content (AvgIpc) is 3.15. The Morgan fingerprint density at radius 2 is 2.29 bits per heavy atom. The molecule has 1 unspecified atom stereocenters. The Balaban J connectivity index is 1.71. The van der Waals surface area contributed by atoms with Crippen molar-refractivity contribution in [2.45, 2.75) is 25.8 Å². The van der Waals surface area contributed by atoms with Gasteiger partial charge in [-0.25, -0.2) is 4.68 Å². The van der Waals surface area contributed by atoms with E-state index >= 15 is 0 Å². The first-order valence-electron chi connectivity index (χ1n) is 7.25. The first-order chi connectivity index (χ1) is 10.3. The molecule has 0 aliphatic carbocycles. The Kier molecular flexibility index (Phi) is 3.96. The summed E-state index contributed by atoms with van der Waals surface area (Å²) >= 11 is 0. The molecule has 2 aromatic heterocycles. The normalized spacial score (nSPS) is 19.0. The molecular weight excluding hydrogens is 268 g/mol. The summed E-state index contributed by atoms with van der Waals surface area (Å²) in [5.41, 5.74) is 5.75. The van der Waals surface area contributed by atoms with E-state index in [1.54, 1.807) is 17.1 Å². The van der Waals surface area contributed by atoms with Crippen LogP contribution >= 0.6 is 0 Å². The lowest BCUT2D eigenvalue weighted by molar-refractivity contribution is 0.277. The zero-order valence-corrected chi connectivity index (χ0v) is 12.1. The number of anilines is 2. The lowest BCUT2D eigenvalue weighted by atomic mass is 10.2. The number of likely N-dealkylation sites (tertiary alicyclic amines) is 1. The first kappa shape index (κ1) is 13.7. The van der Waals surface area contributed by atoms with Crippen LogP contribution < -0.4 is 11.1 Å². The van der Waals surface area contributed by atoms with Crippen molar-refractivity contribution in [3.05, 3.63) is 18.5 Å². The highest BCUT2D eigenvalue weighted by Gasteiger charge is 2.22. The highest BCUT2D eigenvalue weighted by Crippen LogP contribution is 2.17. The summed E-state index contributed by atoms with van der Waals surface area (Å²) in [6, 6.07) is 2.34. The van der Waals surface area contributed by atoms with Crippen molar-refractivity contribution >= 4 is 11.9 Å². The summed E-state index contributed by atoms with van der Waals surface area (Å²) in [5.74, 6) is 1.11. The summed E-state index contributed by atoms with van der Waals surface area (Å²) in [6.45, 7) is 5.25. The number of hydrogen-bond donors (Lipinski definition) is 2. The third kappa shape index (κ3) is 3.10. The Hall–Kier alpha value is -2.22. The number of nitrogens with two attached hydrogens (primary N) is 1. The second kappa shape index (κ2) is 6.04. The highest BCUT2D eigenvalue weighted by atomic mass is 15.4. The van der Waals surface area contributed by atoms with Crippen LogP contribution in [0.15, 0.2) is 18.5 Å². The smallest absolute Gasteiger partial charge is 0.257 e. The number of nitrogens with one attached hydrogen (secondary N) is 1. The van der Waals surface area contributed by atoms with E-state index in [0.717, 1.165) is 13.1 Å². The SMILES string of the molecule is CCN1CCCC1CNc1nc(N)nc(-n2cccn2)n1. The molecule has 1 saturated heterocycles. The largest absolute Gasteiger partial charge is 0.368 e. The molecule has 112 valence electrons. The van der Waals surface area contributed by atoms with E-state index in [9.17, 15) is 0 Å². The van der Waals surface area contributed by atoms with Crippen LogP contribution in [-0.4, -0.2) is 55.3 Å². The summed E-state index contributed by atoms with van der Waals surface area (Å²) < 4.78 is 1.57. The van der Waals surface area contributed by atoms with E-state index < -0.39 is 0 Å². The molecule has 0 amide bonds. The summed E-state index contributed by atoms with van der Waals surface area (Å²) in [4.78, 5) is 15.1. The lowest BCUT2D eigenvalue weighted by Crippen LogP contribution is -2.35. The maximum absolute atomic E-state index is 5.75. The Bertz CT molecular complexity index is 582. The van der Waals surface area contributed by atoms with Crippen LogP contribution in [0, 0.1) is 0 Å². The predicted octanol–water partition coefficient (Wildman–Crippen LogP) is 0.536. The van der Waals surface area contributed by atoms with E-state index in [-0.39, 0.29) is 5.95 Å². The van der Waals surface area contributed by atoms with Gasteiger partial charge in [-0.15, -0.1) is 0 Å². The molecule has 3 N–H and O–H groups in total. The van der Waals surface area contributed by atoms with Crippen molar-refractivity contribution in [1.82, 2.24) is 29.6 Å². The van der Waals surface area contributed by atoms with Gasteiger partial charge in [-0.2, -0.15) is 20.1 Å². The van der Waals surface area contributed by atoms with Crippen molar-refractivity contribution < 1.29 is 0 Å². The second-order valence-corrected chi connectivity index (χ2v) is 5.07. The van der Waals surface area contributed by atoms with Gasteiger partial charge in [0.25, 0.3) is 5.95 Å². The standard InChI is InChI=1S/C13H20N8/c1-2-20-7-3-5-10(20)9-15-12-17-11(14)18-13(19-12)21-8-4-6-16-21/h4,6,8,10H,2-3,5,7,9H2,1H3,(H3,14,15,17,18,19). The summed E-state index contributed by atoms with van der Waals surface area (Å²) in [7, 11) is 0. The minimum atomic E-state index is 0.191. The van der Waals surface area contributed by atoms with Gasteiger partial charge in [-0.3, -0.25) is 4.90 Å². The number of likely N-dealkylation sites (N-methyl/N-ethyl adjacent to an activating group) is 1. The average molecular weight is 288 g/mol. The van der Waals surface area contributed by atoms with Gasteiger partial charge in [0.2, 0.25) is 11.9 Å². The molecule has 8 nitrogen and oxygen atoms in total. The lowest BCUT2D eigenvalue weighted by Gasteiger charge is -2.22. The van der Waals surface area contributed by atoms with Crippen LogP contribution in [0.25, 0.3) is 5.95 Å². The number of nitrogen functional groups attached to an aromatic ring is 1. The summed E-state index contributed by atoms with van der Waals surface area (Å²) in [6.07, 6.45) is 5.89. The molecule has 1 atom stereocenters. The molecule has 3 heterocycles. The van der Waals surface area contributed by atoms with E-state index in [1.807, 2.05) is 6.07 Å². The molecule has 0 saturated carbocycles. The fourth-order valence-corrected chi connectivity index (χ4v) is 2.70. The fourth-order valence-electron chi connectivity index (χ4n) is 2.70. The number of rotatable bonds is 5. The molecule has 3 rings (SSSR count). The van der Waals surface area contributed by atoms with Crippen LogP contribution in [0.2, 0.25) is 0 Å². The Labute approximate surface area is 123 Å². The van der Waals surface area contributed by atoms with E-state index in [0.29, 0.717) is 17.9 Å². The van der Waals surface area contributed by atoms with Crippen molar-refractivity contribution in [2.75, 3.05) is 30.7 Å². The van der Waals surface area contributed by atoms with Gasteiger partial charge in [0.1, 0.15) is 0 Å². The zero-order valence-electron chi connectivity index (χ0n) is 12.1. The quantitative estimate of drug-likeness (QED) is 0.828. The molecule has 0 bridgehead atoms. The molecule has 0 aromatic carbocycles. The molecular formula is C13H20N8. The molecule has 0 spiro atoms. The van der Waals surface area contributed by atoms with Crippen molar-refractivity contribution in [3.8, 4) is 5.95 Å². The molecule has 8 heteroatoms. The number of hydrogen-bond acceptors (Lipinski definition) is 7. The van der Waals surface area contributed by atoms with E-state index in [2.05, 4.69) is 37.2 Å². The van der Waals surface area contributed by atoms with Gasteiger partial charge < -0.3 is 11.1 Å². The van der Waals surface area contributed by atoms with Crippen LogP contribution in [0.3, 0.4) is 0 Å². The van der Waals surface area contributed by atoms with Gasteiger partial charge in [0, 0.05) is 25.0 Å². The van der Waals surface area contributed by atoms with Crippen LogP contribution in [0.1, 0.15) is 19.8 Å². The van der Waals surface area contributed by atoms with E-state index in [4.69, 9.17) is 5.73 Å². The molecule has 21 heavy (non-hydrogen) atoms. The molecule has 1 aliphatic heterocycles. The number of aromatic nitrogens is 5. The third-order valence-corrected chi connectivity index (χ3v) is 3.75. The second-order valence-electron chi connectivity index (χ2n) is 5.07. The highest BCUT2D eigenvalue weighted by molar-refractivity contribution is 5.35. The molecule has 2 aromatic rings. The van der Waals surface area contributed by atoms with Gasteiger partial charge >= 0.3 is 0 Å².